The van der Waals surface area contributed by atoms with E-state index in [9.17, 15) is 13.6 Å². The van der Waals surface area contributed by atoms with Crippen molar-refractivity contribution in [3.05, 3.63) is 42.0 Å². The Labute approximate surface area is 97.1 Å². The topological polar surface area (TPSA) is 38.3 Å². The van der Waals surface area contributed by atoms with Crippen LogP contribution in [-0.2, 0) is 11.2 Å². The van der Waals surface area contributed by atoms with Gasteiger partial charge in [0.1, 0.15) is 12.4 Å². The Morgan fingerprint density at radius 1 is 1.53 bits per heavy atom. The third-order valence-electron chi connectivity index (χ3n) is 2.51. The van der Waals surface area contributed by atoms with E-state index in [1.807, 2.05) is 0 Å². The molecule has 1 heterocycles. The lowest BCUT2D eigenvalue weighted by Gasteiger charge is -2.25. The summed E-state index contributed by atoms with van der Waals surface area (Å²) < 4.78 is 31.5. The maximum atomic E-state index is 13.3. The Hall–Kier alpha value is -1.91. The number of halogens is 2. The Balaban J connectivity index is 2.18. The SMILES string of the molecule is C=CC(=O)NC1COc2c(F)cc(F)cc2C1. The van der Waals surface area contributed by atoms with Gasteiger partial charge in [0.05, 0.1) is 6.04 Å². The number of rotatable bonds is 2. The fourth-order valence-electron chi connectivity index (χ4n) is 1.79. The average Bonchev–Trinajstić information content (AvgIpc) is 2.28. The molecule has 1 atom stereocenters. The summed E-state index contributed by atoms with van der Waals surface area (Å²) in [5.74, 6) is -1.64. The molecule has 1 N–H and O–H groups in total. The molecule has 1 aromatic rings. The van der Waals surface area contributed by atoms with E-state index in [0.29, 0.717) is 12.0 Å². The number of fused-ring (bicyclic) bond motifs is 1. The number of hydrogen-bond donors (Lipinski definition) is 1. The van der Waals surface area contributed by atoms with Gasteiger partial charge in [-0.25, -0.2) is 8.78 Å². The van der Waals surface area contributed by atoms with E-state index in [-0.39, 0.29) is 24.3 Å². The van der Waals surface area contributed by atoms with Crippen LogP contribution in [0.3, 0.4) is 0 Å². The standard InChI is InChI=1S/C12H11F2NO2/c1-2-11(16)15-9-4-7-3-8(13)5-10(14)12(7)17-6-9/h2-3,5,9H,1,4,6H2,(H,15,16). The Morgan fingerprint density at radius 3 is 3.00 bits per heavy atom. The van der Waals surface area contributed by atoms with Gasteiger partial charge in [-0.3, -0.25) is 4.79 Å². The van der Waals surface area contributed by atoms with Crippen LogP contribution >= 0.6 is 0 Å². The normalized spacial score (nSPS) is 17.9. The van der Waals surface area contributed by atoms with Crippen molar-refractivity contribution in [2.45, 2.75) is 12.5 Å². The molecule has 0 aromatic heterocycles. The first-order chi connectivity index (χ1) is 8.10. The molecule has 1 aromatic carbocycles. The summed E-state index contributed by atoms with van der Waals surface area (Å²) in [6.07, 6.45) is 1.48. The Bertz CT molecular complexity index is 474. The fourth-order valence-corrected chi connectivity index (χ4v) is 1.79. The molecule has 3 nitrogen and oxygen atoms in total. The Kier molecular flexibility index (Phi) is 3.08. The van der Waals surface area contributed by atoms with Crippen LogP contribution in [0.2, 0.25) is 0 Å². The summed E-state index contributed by atoms with van der Waals surface area (Å²) in [6.45, 7) is 3.49. The lowest BCUT2D eigenvalue weighted by Crippen LogP contribution is -2.42. The second kappa shape index (κ2) is 4.53. The van der Waals surface area contributed by atoms with Crippen LogP contribution in [0, 0.1) is 11.6 Å². The molecule has 17 heavy (non-hydrogen) atoms. The molecule has 0 radical (unpaired) electrons. The van der Waals surface area contributed by atoms with Gasteiger partial charge in [-0.05, 0) is 18.6 Å². The van der Waals surface area contributed by atoms with Crippen LogP contribution in [0.4, 0.5) is 8.78 Å². The van der Waals surface area contributed by atoms with Crippen molar-refractivity contribution in [3.63, 3.8) is 0 Å². The van der Waals surface area contributed by atoms with Gasteiger partial charge in [0.25, 0.3) is 0 Å². The van der Waals surface area contributed by atoms with Crippen LogP contribution in [0.25, 0.3) is 0 Å². The molecular weight excluding hydrogens is 228 g/mol. The number of nitrogens with one attached hydrogen (secondary N) is 1. The molecule has 0 saturated heterocycles. The van der Waals surface area contributed by atoms with Gasteiger partial charge >= 0.3 is 0 Å². The predicted octanol–water partition coefficient (Wildman–Crippen LogP) is 1.57. The molecule has 5 heteroatoms. The number of hydrogen-bond acceptors (Lipinski definition) is 2. The molecule has 0 saturated carbocycles. The molecule has 0 fully saturated rings. The molecule has 1 aliphatic heterocycles. The zero-order chi connectivity index (χ0) is 12.4. The van der Waals surface area contributed by atoms with Crippen molar-refractivity contribution < 1.29 is 18.3 Å². The van der Waals surface area contributed by atoms with E-state index in [2.05, 4.69) is 11.9 Å². The third-order valence-corrected chi connectivity index (χ3v) is 2.51. The van der Waals surface area contributed by atoms with Crippen LogP contribution < -0.4 is 10.1 Å². The van der Waals surface area contributed by atoms with Crippen molar-refractivity contribution in [2.75, 3.05) is 6.61 Å². The first-order valence-corrected chi connectivity index (χ1v) is 5.14. The number of amides is 1. The Morgan fingerprint density at radius 2 is 2.29 bits per heavy atom. The predicted molar refractivity (Wildman–Crippen MR) is 57.7 cm³/mol. The van der Waals surface area contributed by atoms with Crippen molar-refractivity contribution in [3.8, 4) is 5.75 Å². The van der Waals surface area contributed by atoms with Crippen LogP contribution in [0.5, 0.6) is 5.75 Å². The van der Waals surface area contributed by atoms with Gasteiger partial charge in [-0.2, -0.15) is 0 Å². The molecule has 1 aliphatic rings. The van der Waals surface area contributed by atoms with E-state index in [1.54, 1.807) is 0 Å². The van der Waals surface area contributed by atoms with Crippen LogP contribution in [0.1, 0.15) is 5.56 Å². The van der Waals surface area contributed by atoms with Crippen molar-refractivity contribution >= 4 is 5.91 Å². The summed E-state index contributed by atoms with van der Waals surface area (Å²) in [6, 6.07) is 1.70. The molecule has 90 valence electrons. The number of benzene rings is 1. The molecular formula is C12H11F2NO2. The van der Waals surface area contributed by atoms with Gasteiger partial charge in [0.15, 0.2) is 11.6 Å². The van der Waals surface area contributed by atoms with Gasteiger partial charge in [0, 0.05) is 11.6 Å². The summed E-state index contributed by atoms with van der Waals surface area (Å²) in [5.41, 5.74) is 0.420. The van der Waals surface area contributed by atoms with Gasteiger partial charge in [0.2, 0.25) is 5.91 Å². The number of ether oxygens (including phenoxy) is 1. The van der Waals surface area contributed by atoms with Gasteiger partial charge in [-0.15, -0.1) is 0 Å². The lowest BCUT2D eigenvalue weighted by atomic mass is 10.0. The first kappa shape index (κ1) is 11.6. The quantitative estimate of drug-likeness (QED) is 0.795. The second-order valence-electron chi connectivity index (χ2n) is 3.80. The molecule has 2 rings (SSSR count). The number of carbonyl (C=O) groups is 1. The van der Waals surface area contributed by atoms with E-state index < -0.39 is 11.6 Å². The van der Waals surface area contributed by atoms with Crippen molar-refractivity contribution in [1.82, 2.24) is 5.32 Å². The van der Waals surface area contributed by atoms with E-state index >= 15 is 0 Å². The summed E-state index contributed by atoms with van der Waals surface area (Å²) >= 11 is 0. The lowest BCUT2D eigenvalue weighted by molar-refractivity contribution is -0.117. The summed E-state index contributed by atoms with van der Waals surface area (Å²) in [5, 5.41) is 2.62. The van der Waals surface area contributed by atoms with E-state index in [1.165, 1.54) is 6.07 Å². The first-order valence-electron chi connectivity index (χ1n) is 5.14. The van der Waals surface area contributed by atoms with Gasteiger partial charge in [-0.1, -0.05) is 6.58 Å². The highest BCUT2D eigenvalue weighted by Gasteiger charge is 2.24. The minimum Gasteiger partial charge on any atom is -0.488 e. The fraction of sp³-hybridized carbons (Fsp3) is 0.250. The molecule has 1 amide bonds. The molecule has 0 spiro atoms. The van der Waals surface area contributed by atoms with Crippen molar-refractivity contribution in [2.24, 2.45) is 0 Å². The smallest absolute Gasteiger partial charge is 0.243 e. The maximum Gasteiger partial charge on any atom is 0.243 e. The third kappa shape index (κ3) is 2.43. The average molecular weight is 239 g/mol. The largest absolute Gasteiger partial charge is 0.488 e. The second-order valence-corrected chi connectivity index (χ2v) is 3.80. The monoisotopic (exact) mass is 239 g/mol. The van der Waals surface area contributed by atoms with Crippen molar-refractivity contribution in [1.29, 1.82) is 0 Å². The minimum atomic E-state index is -0.714. The maximum absolute atomic E-state index is 13.3. The summed E-state index contributed by atoms with van der Waals surface area (Å²) in [7, 11) is 0. The minimum absolute atomic E-state index is 0.0653. The zero-order valence-electron chi connectivity index (χ0n) is 9.00. The highest BCUT2D eigenvalue weighted by molar-refractivity contribution is 5.87. The molecule has 0 bridgehead atoms. The molecule has 1 unspecified atom stereocenters. The van der Waals surface area contributed by atoms with Crippen LogP contribution in [0.15, 0.2) is 24.8 Å². The highest BCUT2D eigenvalue weighted by Crippen LogP contribution is 2.28. The zero-order valence-corrected chi connectivity index (χ0v) is 9.00. The highest BCUT2D eigenvalue weighted by atomic mass is 19.1. The number of carbonyl (C=O) groups excluding carboxylic acids is 1. The molecule has 0 aliphatic carbocycles. The van der Waals surface area contributed by atoms with E-state index in [4.69, 9.17) is 4.74 Å². The van der Waals surface area contributed by atoms with Gasteiger partial charge < -0.3 is 10.1 Å². The van der Waals surface area contributed by atoms with E-state index in [0.717, 1.165) is 12.1 Å². The van der Waals surface area contributed by atoms with Crippen LogP contribution in [-0.4, -0.2) is 18.6 Å². The summed E-state index contributed by atoms with van der Waals surface area (Å²) in [4.78, 5) is 11.1.